The molecule has 37 heavy (non-hydrogen) atoms. The van der Waals surface area contributed by atoms with Gasteiger partial charge in [-0.1, -0.05) is 36.4 Å². The standard InChI is InChI=1S/C29H30N6O2/c1-19-22(28(36)35(31-19)24-13-9-11-20-10-5-6-12-21(20)24)18-30-23-16-26-27(33(3)29(37)32(26)2)17-25(23)34-14-7-4-8-15-34/h5-6,9-13,16-18,31H,4,7-8,14-15H2,1-3H3. The molecular formula is C29H30N6O2. The molecule has 8 nitrogen and oxygen atoms in total. The van der Waals surface area contributed by atoms with E-state index in [1.165, 1.54) is 6.42 Å². The van der Waals surface area contributed by atoms with Crippen LogP contribution in [0.3, 0.4) is 0 Å². The molecule has 3 aromatic carbocycles. The molecule has 0 aliphatic carbocycles. The summed E-state index contributed by atoms with van der Waals surface area (Å²) in [6.07, 6.45) is 5.13. The SMILES string of the molecule is Cc1[nH]n(-c2cccc3ccccc23)c(=O)c1C=Nc1cc2c(cc1N1CCCCC1)n(C)c(=O)n2C. The van der Waals surface area contributed by atoms with E-state index in [-0.39, 0.29) is 11.2 Å². The quantitative estimate of drug-likeness (QED) is 0.372. The fourth-order valence-corrected chi connectivity index (χ4v) is 5.43. The number of aromatic amines is 1. The van der Waals surface area contributed by atoms with Gasteiger partial charge in [-0.15, -0.1) is 0 Å². The summed E-state index contributed by atoms with van der Waals surface area (Å²) in [4.78, 5) is 33.3. The fourth-order valence-electron chi connectivity index (χ4n) is 5.43. The lowest BCUT2D eigenvalue weighted by Crippen LogP contribution is -2.29. The van der Waals surface area contributed by atoms with Crippen LogP contribution in [0.5, 0.6) is 0 Å². The number of rotatable bonds is 4. The number of benzene rings is 3. The average molecular weight is 495 g/mol. The predicted octanol–water partition coefficient (Wildman–Crippen LogP) is 4.56. The van der Waals surface area contributed by atoms with Crippen LogP contribution in [0.15, 0.2) is 69.2 Å². The number of hydrogen-bond acceptors (Lipinski definition) is 4. The molecule has 0 unspecified atom stereocenters. The number of hydrogen-bond donors (Lipinski definition) is 1. The van der Waals surface area contributed by atoms with Crippen molar-refractivity contribution >= 4 is 39.4 Å². The van der Waals surface area contributed by atoms with Gasteiger partial charge in [0.1, 0.15) is 0 Å². The first-order chi connectivity index (χ1) is 17.9. The molecule has 1 saturated heterocycles. The number of piperidine rings is 1. The highest BCUT2D eigenvalue weighted by molar-refractivity contribution is 5.92. The molecule has 1 fully saturated rings. The van der Waals surface area contributed by atoms with E-state index in [4.69, 9.17) is 4.99 Å². The Hall–Kier alpha value is -4.33. The summed E-state index contributed by atoms with van der Waals surface area (Å²) < 4.78 is 4.91. The summed E-state index contributed by atoms with van der Waals surface area (Å²) >= 11 is 0. The van der Waals surface area contributed by atoms with Crippen LogP contribution in [-0.2, 0) is 14.1 Å². The van der Waals surface area contributed by atoms with Gasteiger partial charge in [0.15, 0.2) is 0 Å². The Kier molecular flexibility index (Phi) is 5.59. The molecule has 0 amide bonds. The van der Waals surface area contributed by atoms with Crippen LogP contribution in [0, 0.1) is 6.92 Å². The van der Waals surface area contributed by atoms with Gasteiger partial charge in [0.05, 0.1) is 33.7 Å². The van der Waals surface area contributed by atoms with Crippen molar-refractivity contribution in [1.29, 1.82) is 0 Å². The summed E-state index contributed by atoms with van der Waals surface area (Å²) in [5.74, 6) is 0. The maximum absolute atomic E-state index is 13.5. The van der Waals surface area contributed by atoms with Crippen LogP contribution in [0.2, 0.25) is 0 Å². The highest BCUT2D eigenvalue weighted by Crippen LogP contribution is 2.35. The number of aliphatic imine (C=N–C) groups is 1. The van der Waals surface area contributed by atoms with Crippen LogP contribution >= 0.6 is 0 Å². The van der Waals surface area contributed by atoms with Gasteiger partial charge >= 0.3 is 5.69 Å². The predicted molar refractivity (Wildman–Crippen MR) is 150 cm³/mol. The number of nitrogens with one attached hydrogen (secondary N) is 1. The molecule has 5 aromatic rings. The molecule has 0 spiro atoms. The monoisotopic (exact) mass is 494 g/mol. The van der Waals surface area contributed by atoms with E-state index in [0.717, 1.165) is 70.5 Å². The van der Waals surface area contributed by atoms with Crippen molar-refractivity contribution in [1.82, 2.24) is 18.9 Å². The number of imidazole rings is 1. The molecular weight excluding hydrogens is 464 g/mol. The second-order valence-corrected chi connectivity index (χ2v) is 9.83. The van der Waals surface area contributed by atoms with Gasteiger partial charge in [0, 0.05) is 44.5 Å². The Morgan fingerprint density at radius 2 is 1.57 bits per heavy atom. The Labute approximate surface area is 214 Å². The topological polar surface area (TPSA) is 80.3 Å². The zero-order chi connectivity index (χ0) is 25.7. The zero-order valence-corrected chi connectivity index (χ0v) is 21.4. The Morgan fingerprint density at radius 1 is 0.865 bits per heavy atom. The van der Waals surface area contributed by atoms with Gasteiger partial charge in [0.25, 0.3) is 5.56 Å². The third-order valence-electron chi connectivity index (χ3n) is 7.52. The Balaban J connectivity index is 1.47. The number of nitrogens with zero attached hydrogens (tertiary/aromatic N) is 5. The van der Waals surface area contributed by atoms with E-state index < -0.39 is 0 Å². The van der Waals surface area contributed by atoms with E-state index in [9.17, 15) is 9.59 Å². The third-order valence-corrected chi connectivity index (χ3v) is 7.52. The normalized spacial score (nSPS) is 14.4. The molecule has 0 atom stereocenters. The molecule has 1 N–H and O–H groups in total. The number of aryl methyl sites for hydroxylation is 3. The van der Waals surface area contributed by atoms with Crippen LogP contribution in [0.4, 0.5) is 11.4 Å². The minimum absolute atomic E-state index is 0.0693. The molecule has 188 valence electrons. The molecule has 2 aromatic heterocycles. The van der Waals surface area contributed by atoms with E-state index in [0.29, 0.717) is 5.56 Å². The molecule has 0 radical (unpaired) electrons. The summed E-state index contributed by atoms with van der Waals surface area (Å²) in [7, 11) is 3.57. The largest absolute Gasteiger partial charge is 0.370 e. The average Bonchev–Trinajstić information content (AvgIpc) is 3.33. The minimum atomic E-state index is -0.148. The van der Waals surface area contributed by atoms with Gasteiger partial charge in [-0.25, -0.2) is 9.48 Å². The van der Waals surface area contributed by atoms with E-state index in [1.54, 1.807) is 34.1 Å². The van der Waals surface area contributed by atoms with Crippen LogP contribution in [-0.4, -0.2) is 38.2 Å². The second kappa shape index (κ2) is 8.96. The van der Waals surface area contributed by atoms with Gasteiger partial charge in [0.2, 0.25) is 0 Å². The molecule has 6 rings (SSSR count). The first kappa shape index (κ1) is 23.1. The summed E-state index contributed by atoms with van der Waals surface area (Å²) in [6, 6.07) is 18.0. The van der Waals surface area contributed by atoms with Crippen molar-refractivity contribution in [3.05, 3.63) is 86.7 Å². The molecule has 0 bridgehead atoms. The van der Waals surface area contributed by atoms with Crippen molar-refractivity contribution in [2.24, 2.45) is 19.1 Å². The van der Waals surface area contributed by atoms with Crippen molar-refractivity contribution in [2.45, 2.75) is 26.2 Å². The number of anilines is 1. The first-order valence-corrected chi connectivity index (χ1v) is 12.7. The van der Waals surface area contributed by atoms with E-state index in [1.807, 2.05) is 55.5 Å². The van der Waals surface area contributed by atoms with Crippen LogP contribution in [0.25, 0.3) is 27.5 Å². The van der Waals surface area contributed by atoms with Crippen molar-refractivity contribution < 1.29 is 0 Å². The third kappa shape index (κ3) is 3.80. The zero-order valence-electron chi connectivity index (χ0n) is 21.4. The van der Waals surface area contributed by atoms with Gasteiger partial charge in [-0.05, 0) is 49.8 Å². The highest BCUT2D eigenvalue weighted by atomic mass is 16.1. The second-order valence-electron chi connectivity index (χ2n) is 9.83. The molecule has 1 aliphatic rings. The maximum atomic E-state index is 13.5. The van der Waals surface area contributed by atoms with Crippen molar-refractivity contribution in [2.75, 3.05) is 18.0 Å². The van der Waals surface area contributed by atoms with Crippen LogP contribution in [0.1, 0.15) is 30.5 Å². The maximum Gasteiger partial charge on any atom is 0.328 e. The lowest BCUT2D eigenvalue weighted by Gasteiger charge is -2.30. The number of H-pyrrole nitrogens is 1. The summed E-state index contributed by atoms with van der Waals surface area (Å²) in [5.41, 5.74) is 5.29. The van der Waals surface area contributed by atoms with Gasteiger partial charge in [-0.3, -0.25) is 24.0 Å². The van der Waals surface area contributed by atoms with Gasteiger partial charge < -0.3 is 4.90 Å². The number of aromatic nitrogens is 4. The number of fused-ring (bicyclic) bond motifs is 2. The lowest BCUT2D eigenvalue weighted by atomic mass is 10.1. The van der Waals surface area contributed by atoms with E-state index >= 15 is 0 Å². The fraction of sp³-hybridized carbons (Fsp3) is 0.276. The van der Waals surface area contributed by atoms with Crippen molar-refractivity contribution in [3.8, 4) is 5.69 Å². The lowest BCUT2D eigenvalue weighted by molar-refractivity contribution is 0.578. The Bertz CT molecular complexity index is 1790. The summed E-state index contributed by atoms with van der Waals surface area (Å²) in [6.45, 7) is 3.79. The minimum Gasteiger partial charge on any atom is -0.370 e. The van der Waals surface area contributed by atoms with Gasteiger partial charge in [-0.2, -0.15) is 0 Å². The highest BCUT2D eigenvalue weighted by Gasteiger charge is 2.19. The molecule has 0 saturated carbocycles. The molecule has 3 heterocycles. The van der Waals surface area contributed by atoms with E-state index in [2.05, 4.69) is 16.1 Å². The smallest absolute Gasteiger partial charge is 0.328 e. The first-order valence-electron chi connectivity index (χ1n) is 12.7. The molecule has 8 heteroatoms. The van der Waals surface area contributed by atoms with Crippen molar-refractivity contribution in [3.63, 3.8) is 0 Å². The summed E-state index contributed by atoms with van der Waals surface area (Å²) in [5, 5.41) is 5.31. The molecule has 1 aliphatic heterocycles. The Morgan fingerprint density at radius 3 is 2.35 bits per heavy atom. The van der Waals surface area contributed by atoms with Crippen LogP contribution < -0.4 is 16.1 Å².